The number of aryl methyl sites for hydroxylation is 1. The minimum absolute atomic E-state index is 0.193. The summed E-state index contributed by atoms with van der Waals surface area (Å²) in [6.07, 6.45) is 2.45. The molecule has 1 aromatic heterocycles. The van der Waals surface area contributed by atoms with E-state index in [2.05, 4.69) is 27.8 Å². The summed E-state index contributed by atoms with van der Waals surface area (Å²) >= 11 is 0. The molecule has 1 aromatic carbocycles. The van der Waals surface area contributed by atoms with Gasteiger partial charge in [-0.25, -0.2) is 9.78 Å². The normalized spacial score (nSPS) is 18.8. The Morgan fingerprint density at radius 1 is 1.24 bits per heavy atom. The molecular weight excluding hydrogens is 470 g/mol. The van der Waals surface area contributed by atoms with Crippen LogP contribution in [-0.2, 0) is 6.54 Å². The number of benzene rings is 1. The fourth-order valence-electron chi connectivity index (χ4n) is 5.32. The van der Waals surface area contributed by atoms with E-state index in [4.69, 9.17) is 4.98 Å². The van der Waals surface area contributed by atoms with E-state index in [0.29, 0.717) is 34.9 Å². The van der Waals surface area contributed by atoms with E-state index in [1.807, 2.05) is 52.0 Å². The second kappa shape index (κ2) is 10.7. The Bertz CT molecular complexity index is 1260. The van der Waals surface area contributed by atoms with Crippen LogP contribution in [0, 0.1) is 18.8 Å². The minimum Gasteiger partial charge on any atom is -0.465 e. The Labute approximate surface area is 217 Å². The van der Waals surface area contributed by atoms with Crippen molar-refractivity contribution in [3.8, 4) is 11.8 Å². The van der Waals surface area contributed by atoms with Crippen LogP contribution in [0.25, 0.3) is 0 Å². The summed E-state index contributed by atoms with van der Waals surface area (Å²) in [5.74, 6) is 6.34. The van der Waals surface area contributed by atoms with Gasteiger partial charge in [0.2, 0.25) is 0 Å². The van der Waals surface area contributed by atoms with E-state index in [9.17, 15) is 19.8 Å². The van der Waals surface area contributed by atoms with Crippen LogP contribution in [0.15, 0.2) is 24.3 Å². The summed E-state index contributed by atoms with van der Waals surface area (Å²) in [6.45, 7) is 7.66. The number of amides is 2. The third-order valence-corrected chi connectivity index (χ3v) is 6.84. The summed E-state index contributed by atoms with van der Waals surface area (Å²) in [5.41, 5.74) is 2.96. The van der Waals surface area contributed by atoms with Crippen molar-refractivity contribution in [3.63, 3.8) is 0 Å². The molecule has 196 valence electrons. The van der Waals surface area contributed by atoms with Gasteiger partial charge >= 0.3 is 6.09 Å². The van der Waals surface area contributed by atoms with Crippen molar-refractivity contribution in [1.82, 2.24) is 15.2 Å². The summed E-state index contributed by atoms with van der Waals surface area (Å²) in [4.78, 5) is 31.5. The van der Waals surface area contributed by atoms with Gasteiger partial charge in [-0.1, -0.05) is 36.8 Å². The van der Waals surface area contributed by atoms with Crippen molar-refractivity contribution in [2.75, 3.05) is 17.2 Å². The molecular formula is C28H35N5O4. The van der Waals surface area contributed by atoms with E-state index in [0.717, 1.165) is 36.9 Å². The molecule has 37 heavy (non-hydrogen) atoms. The van der Waals surface area contributed by atoms with Gasteiger partial charge in [0.15, 0.2) is 0 Å². The van der Waals surface area contributed by atoms with Crippen LogP contribution in [0.3, 0.4) is 0 Å². The number of nitrogens with one attached hydrogen (secondary N) is 3. The number of anilines is 3. The van der Waals surface area contributed by atoms with Gasteiger partial charge in [0.1, 0.15) is 18.2 Å². The van der Waals surface area contributed by atoms with Gasteiger partial charge < -0.3 is 26.2 Å². The van der Waals surface area contributed by atoms with E-state index < -0.39 is 11.6 Å². The lowest BCUT2D eigenvalue weighted by molar-refractivity contribution is 0.0520. The molecule has 2 atom stereocenters. The monoisotopic (exact) mass is 505 g/mol. The van der Waals surface area contributed by atoms with Crippen molar-refractivity contribution in [3.05, 3.63) is 46.5 Å². The second-order valence-electron chi connectivity index (χ2n) is 10.6. The van der Waals surface area contributed by atoms with Crippen molar-refractivity contribution in [2.24, 2.45) is 0 Å². The predicted octanol–water partition coefficient (Wildman–Crippen LogP) is 4.22. The number of hydrogen-bond donors (Lipinski definition) is 5. The Balaban J connectivity index is 1.80. The molecule has 2 aromatic rings. The summed E-state index contributed by atoms with van der Waals surface area (Å²) < 4.78 is 0. The molecule has 1 fully saturated rings. The molecule has 1 saturated carbocycles. The number of aliphatic hydroxyl groups is 1. The van der Waals surface area contributed by atoms with Gasteiger partial charge in [0, 0.05) is 29.4 Å². The van der Waals surface area contributed by atoms with Gasteiger partial charge in [-0.2, -0.15) is 0 Å². The first-order chi connectivity index (χ1) is 17.6. The highest BCUT2D eigenvalue weighted by Crippen LogP contribution is 2.35. The average Bonchev–Trinajstić information content (AvgIpc) is 3.20. The standard InChI is InChI=1S/C28H35N5O4/c1-17-9-7-10-18(15-17)30-25-23-20(16-29-26(23)35)19(11-8-14-34)24(32-25)31-21-12-5-6-13-22(21)33(27(36)37)28(2,3)4/h7,9-10,15,21-22,34H,5-6,12-14,16H2,1-4H3,(H,29,35)(H,36,37)(H2,30,31,32)/t21-,22+/m1/s1. The summed E-state index contributed by atoms with van der Waals surface area (Å²) in [5, 5.41) is 29.2. The molecule has 2 heterocycles. The van der Waals surface area contributed by atoms with Gasteiger partial charge in [0.05, 0.1) is 17.2 Å². The molecule has 0 bridgehead atoms. The van der Waals surface area contributed by atoms with E-state index >= 15 is 0 Å². The SMILES string of the molecule is Cc1cccc(Nc2nc(N[C@@H]3CCCC[C@@H]3N(C(=O)O)C(C)(C)C)c(C#CCO)c3c2C(=O)NC3)c1. The zero-order valence-electron chi connectivity index (χ0n) is 21.8. The maximum absolute atomic E-state index is 12.8. The van der Waals surface area contributed by atoms with E-state index in [1.54, 1.807) is 0 Å². The van der Waals surface area contributed by atoms with Crippen molar-refractivity contribution < 1.29 is 19.8 Å². The highest BCUT2D eigenvalue weighted by atomic mass is 16.4. The number of aromatic nitrogens is 1. The Kier molecular flexibility index (Phi) is 7.60. The average molecular weight is 506 g/mol. The number of hydrogen-bond acceptors (Lipinski definition) is 6. The largest absolute Gasteiger partial charge is 0.465 e. The maximum atomic E-state index is 12.8. The number of aliphatic hydroxyl groups excluding tert-OH is 1. The lowest BCUT2D eigenvalue weighted by atomic mass is 9.86. The van der Waals surface area contributed by atoms with E-state index in [-0.39, 0.29) is 24.6 Å². The molecule has 1 aliphatic heterocycles. The second-order valence-corrected chi connectivity index (χ2v) is 10.6. The van der Waals surface area contributed by atoms with Gasteiger partial charge in [-0.3, -0.25) is 9.69 Å². The fourth-order valence-corrected chi connectivity index (χ4v) is 5.32. The number of rotatable bonds is 5. The molecule has 2 aliphatic rings. The highest BCUT2D eigenvalue weighted by Gasteiger charge is 2.40. The number of carbonyl (C=O) groups is 2. The molecule has 5 N–H and O–H groups in total. The van der Waals surface area contributed by atoms with Crippen LogP contribution in [0.1, 0.15) is 73.5 Å². The van der Waals surface area contributed by atoms with Gasteiger partial charge in [0.25, 0.3) is 5.91 Å². The Morgan fingerprint density at radius 3 is 2.68 bits per heavy atom. The predicted molar refractivity (Wildman–Crippen MR) is 143 cm³/mol. The minimum atomic E-state index is -0.954. The van der Waals surface area contributed by atoms with Crippen LogP contribution >= 0.6 is 0 Å². The first kappa shape index (κ1) is 26.3. The molecule has 4 rings (SSSR count). The molecule has 0 unspecified atom stereocenters. The van der Waals surface area contributed by atoms with Crippen LogP contribution < -0.4 is 16.0 Å². The Hall–Kier alpha value is -3.77. The fraction of sp³-hybridized carbons (Fsp3) is 0.464. The topological polar surface area (TPSA) is 127 Å². The van der Waals surface area contributed by atoms with Gasteiger partial charge in [-0.15, -0.1) is 0 Å². The molecule has 9 heteroatoms. The van der Waals surface area contributed by atoms with Crippen LogP contribution in [0.5, 0.6) is 0 Å². The zero-order chi connectivity index (χ0) is 26.7. The van der Waals surface area contributed by atoms with Crippen LogP contribution in [0.4, 0.5) is 22.1 Å². The number of carbonyl (C=O) groups excluding carboxylic acids is 1. The van der Waals surface area contributed by atoms with Crippen LogP contribution in [0.2, 0.25) is 0 Å². The first-order valence-corrected chi connectivity index (χ1v) is 12.7. The maximum Gasteiger partial charge on any atom is 0.408 e. The number of nitrogens with zero attached hydrogens (tertiary/aromatic N) is 2. The number of pyridine rings is 1. The molecule has 0 radical (unpaired) electrons. The van der Waals surface area contributed by atoms with Crippen molar-refractivity contribution in [2.45, 2.75) is 77.5 Å². The molecule has 1 aliphatic carbocycles. The lowest BCUT2D eigenvalue weighted by Gasteiger charge is -2.45. The number of carboxylic acid groups (broad SMARTS) is 1. The van der Waals surface area contributed by atoms with Gasteiger partial charge in [-0.05, 0) is 58.2 Å². The van der Waals surface area contributed by atoms with Crippen molar-refractivity contribution >= 4 is 29.3 Å². The Morgan fingerprint density at radius 2 is 2.00 bits per heavy atom. The quantitative estimate of drug-likeness (QED) is 0.385. The molecule has 0 saturated heterocycles. The smallest absolute Gasteiger partial charge is 0.408 e. The molecule has 9 nitrogen and oxygen atoms in total. The first-order valence-electron chi connectivity index (χ1n) is 12.7. The zero-order valence-corrected chi connectivity index (χ0v) is 21.8. The lowest BCUT2D eigenvalue weighted by Crippen LogP contribution is -2.58. The summed E-state index contributed by atoms with van der Waals surface area (Å²) in [7, 11) is 0. The number of fused-ring (bicyclic) bond motifs is 1. The molecule has 2 amide bonds. The third-order valence-electron chi connectivity index (χ3n) is 6.84. The molecule has 0 spiro atoms. The third kappa shape index (κ3) is 5.65. The summed E-state index contributed by atoms with van der Waals surface area (Å²) in [6, 6.07) is 7.35. The van der Waals surface area contributed by atoms with E-state index in [1.165, 1.54) is 4.90 Å². The highest BCUT2D eigenvalue weighted by molar-refractivity contribution is 6.04. The van der Waals surface area contributed by atoms with Crippen LogP contribution in [-0.4, -0.2) is 56.3 Å². The van der Waals surface area contributed by atoms with Crippen molar-refractivity contribution in [1.29, 1.82) is 0 Å².